The summed E-state index contributed by atoms with van der Waals surface area (Å²) in [6.07, 6.45) is 1.03. The third-order valence-corrected chi connectivity index (χ3v) is 4.43. The van der Waals surface area contributed by atoms with E-state index in [1.54, 1.807) is 48.5 Å². The van der Waals surface area contributed by atoms with Crippen LogP contribution in [0, 0.1) is 0 Å². The minimum atomic E-state index is -0.385. The van der Waals surface area contributed by atoms with Gasteiger partial charge in [0.1, 0.15) is 0 Å². The van der Waals surface area contributed by atoms with E-state index < -0.39 is 0 Å². The summed E-state index contributed by atoms with van der Waals surface area (Å²) in [6, 6.07) is 13.2. The molecule has 0 heterocycles. The molecule has 2 aromatic rings. The van der Waals surface area contributed by atoms with Crippen molar-refractivity contribution < 1.29 is 14.4 Å². The van der Waals surface area contributed by atoms with E-state index >= 15 is 0 Å². The van der Waals surface area contributed by atoms with Crippen LogP contribution >= 0.6 is 11.6 Å². The predicted molar refractivity (Wildman–Crippen MR) is 106 cm³/mol. The maximum Gasteiger partial charge on any atom is 0.252 e. The van der Waals surface area contributed by atoms with Gasteiger partial charge in [-0.1, -0.05) is 36.7 Å². The lowest BCUT2D eigenvalue weighted by molar-refractivity contribution is -0.121. The molecule has 0 aliphatic carbocycles. The summed E-state index contributed by atoms with van der Waals surface area (Å²) >= 11 is 5.86. The van der Waals surface area contributed by atoms with Crippen LogP contribution in [0.1, 0.15) is 53.0 Å². The minimum Gasteiger partial charge on any atom is -0.354 e. The van der Waals surface area contributed by atoms with E-state index in [0.29, 0.717) is 16.1 Å². The maximum absolute atomic E-state index is 12.7. The molecular weight excluding hydrogens is 364 g/mol. The van der Waals surface area contributed by atoms with Gasteiger partial charge in [-0.05, 0) is 43.7 Å². The van der Waals surface area contributed by atoms with Gasteiger partial charge < -0.3 is 10.6 Å². The fourth-order valence-corrected chi connectivity index (χ4v) is 2.60. The molecule has 0 aromatic heterocycles. The van der Waals surface area contributed by atoms with E-state index in [1.807, 2.05) is 13.8 Å². The third-order valence-electron chi connectivity index (χ3n) is 4.18. The zero-order valence-electron chi connectivity index (χ0n) is 15.4. The van der Waals surface area contributed by atoms with E-state index in [2.05, 4.69) is 10.6 Å². The van der Waals surface area contributed by atoms with Crippen molar-refractivity contribution in [1.29, 1.82) is 0 Å². The van der Waals surface area contributed by atoms with Crippen LogP contribution in [-0.4, -0.2) is 30.2 Å². The monoisotopic (exact) mass is 386 g/mol. The number of hydrogen-bond donors (Lipinski definition) is 2. The Labute approximate surface area is 164 Å². The van der Waals surface area contributed by atoms with Gasteiger partial charge in [0, 0.05) is 35.2 Å². The lowest BCUT2D eigenvalue weighted by Crippen LogP contribution is -2.35. The summed E-state index contributed by atoms with van der Waals surface area (Å²) in [5.74, 6) is -0.758. The van der Waals surface area contributed by atoms with Crippen LogP contribution in [0.25, 0.3) is 0 Å². The summed E-state index contributed by atoms with van der Waals surface area (Å²) in [6.45, 7) is 4.11. The summed E-state index contributed by atoms with van der Waals surface area (Å²) in [7, 11) is 0. The second kappa shape index (κ2) is 9.88. The van der Waals surface area contributed by atoms with Crippen LogP contribution in [-0.2, 0) is 4.79 Å². The number of benzene rings is 2. The van der Waals surface area contributed by atoms with Gasteiger partial charge in [-0.25, -0.2) is 0 Å². The molecule has 6 heteroatoms. The minimum absolute atomic E-state index is 0.103. The van der Waals surface area contributed by atoms with Gasteiger partial charge in [-0.3, -0.25) is 14.4 Å². The number of amides is 2. The molecule has 0 saturated heterocycles. The second-order valence-corrected chi connectivity index (χ2v) is 6.70. The molecule has 1 atom stereocenters. The van der Waals surface area contributed by atoms with Crippen molar-refractivity contribution >= 4 is 29.2 Å². The Bertz CT molecular complexity index is 818. The highest BCUT2D eigenvalue weighted by Crippen LogP contribution is 2.17. The topological polar surface area (TPSA) is 75.3 Å². The van der Waals surface area contributed by atoms with Crippen LogP contribution in [0.5, 0.6) is 0 Å². The van der Waals surface area contributed by atoms with Gasteiger partial charge in [0.15, 0.2) is 5.78 Å². The third kappa shape index (κ3) is 5.93. The summed E-state index contributed by atoms with van der Waals surface area (Å²) in [4.78, 5) is 37.0. The molecule has 0 saturated carbocycles. The number of carbonyl (C=O) groups is 3. The Hall–Kier alpha value is -2.66. The lowest BCUT2D eigenvalue weighted by atomic mass is 9.98. The Morgan fingerprint density at radius 2 is 1.63 bits per heavy atom. The standard InChI is InChI=1S/C21H23ClN2O3/c1-3-14(2)24-19(25)12-13-23-21(27)18-7-5-4-6-17(18)20(26)15-8-10-16(22)11-9-15/h4-11,14H,3,12-13H2,1-2H3,(H,23,27)(H,24,25). The van der Waals surface area contributed by atoms with Crippen LogP contribution < -0.4 is 10.6 Å². The highest BCUT2D eigenvalue weighted by Gasteiger charge is 2.18. The number of hydrogen-bond acceptors (Lipinski definition) is 3. The Kier molecular flexibility index (Phi) is 7.55. The van der Waals surface area contributed by atoms with Crippen LogP contribution in [0.15, 0.2) is 48.5 Å². The molecular formula is C21H23ClN2O3. The van der Waals surface area contributed by atoms with E-state index in [4.69, 9.17) is 11.6 Å². The fraction of sp³-hybridized carbons (Fsp3) is 0.286. The van der Waals surface area contributed by atoms with E-state index in [0.717, 1.165) is 6.42 Å². The highest BCUT2D eigenvalue weighted by atomic mass is 35.5. The number of halogens is 1. The number of carbonyl (C=O) groups excluding carboxylic acids is 3. The SMILES string of the molecule is CCC(C)NC(=O)CCNC(=O)c1ccccc1C(=O)c1ccc(Cl)cc1. The molecule has 2 amide bonds. The van der Waals surface area contributed by atoms with Crippen LogP contribution in [0.3, 0.4) is 0 Å². The van der Waals surface area contributed by atoms with Gasteiger partial charge in [0.2, 0.25) is 5.91 Å². The first-order valence-electron chi connectivity index (χ1n) is 8.89. The van der Waals surface area contributed by atoms with E-state index in [1.165, 1.54) is 0 Å². The Morgan fingerprint density at radius 1 is 1.00 bits per heavy atom. The summed E-state index contributed by atoms with van der Waals surface area (Å²) < 4.78 is 0. The van der Waals surface area contributed by atoms with Gasteiger partial charge in [-0.15, -0.1) is 0 Å². The zero-order valence-corrected chi connectivity index (χ0v) is 16.2. The molecule has 2 aromatic carbocycles. The quantitative estimate of drug-likeness (QED) is 0.680. The Balaban J connectivity index is 2.04. The summed E-state index contributed by atoms with van der Waals surface area (Å²) in [5, 5.41) is 6.08. The molecule has 2 N–H and O–H groups in total. The molecule has 1 unspecified atom stereocenters. The molecule has 0 bridgehead atoms. The van der Waals surface area contributed by atoms with Crippen molar-refractivity contribution in [2.45, 2.75) is 32.7 Å². The van der Waals surface area contributed by atoms with Gasteiger partial charge in [0.05, 0.1) is 5.56 Å². The normalized spacial score (nSPS) is 11.5. The zero-order chi connectivity index (χ0) is 19.8. The molecule has 0 radical (unpaired) electrons. The van der Waals surface area contributed by atoms with Gasteiger partial charge >= 0.3 is 0 Å². The Morgan fingerprint density at radius 3 is 2.26 bits per heavy atom. The molecule has 27 heavy (non-hydrogen) atoms. The molecule has 0 aliphatic heterocycles. The average Bonchev–Trinajstić information content (AvgIpc) is 2.67. The molecule has 0 spiro atoms. The lowest BCUT2D eigenvalue weighted by Gasteiger charge is -2.12. The van der Waals surface area contributed by atoms with Crippen molar-refractivity contribution in [2.24, 2.45) is 0 Å². The smallest absolute Gasteiger partial charge is 0.252 e. The van der Waals surface area contributed by atoms with Crippen LogP contribution in [0.2, 0.25) is 5.02 Å². The van der Waals surface area contributed by atoms with E-state index in [-0.39, 0.29) is 42.2 Å². The summed E-state index contributed by atoms with van der Waals surface area (Å²) in [5.41, 5.74) is 1.04. The van der Waals surface area contributed by atoms with Crippen molar-refractivity contribution in [3.63, 3.8) is 0 Å². The van der Waals surface area contributed by atoms with Crippen molar-refractivity contribution in [3.8, 4) is 0 Å². The van der Waals surface area contributed by atoms with Crippen molar-refractivity contribution in [2.75, 3.05) is 6.54 Å². The molecule has 2 rings (SSSR count). The first kappa shape index (κ1) is 20.6. The molecule has 142 valence electrons. The average molecular weight is 387 g/mol. The van der Waals surface area contributed by atoms with E-state index in [9.17, 15) is 14.4 Å². The fourth-order valence-electron chi connectivity index (χ4n) is 2.47. The predicted octanol–water partition coefficient (Wildman–Crippen LogP) is 3.61. The second-order valence-electron chi connectivity index (χ2n) is 6.26. The molecule has 0 fully saturated rings. The van der Waals surface area contributed by atoms with Crippen molar-refractivity contribution in [1.82, 2.24) is 10.6 Å². The van der Waals surface area contributed by atoms with Crippen molar-refractivity contribution in [3.05, 3.63) is 70.2 Å². The maximum atomic E-state index is 12.7. The molecule has 0 aliphatic rings. The van der Waals surface area contributed by atoms with Crippen LogP contribution in [0.4, 0.5) is 0 Å². The first-order chi connectivity index (χ1) is 12.9. The van der Waals surface area contributed by atoms with Gasteiger partial charge in [-0.2, -0.15) is 0 Å². The number of ketones is 1. The number of rotatable bonds is 8. The first-order valence-corrected chi connectivity index (χ1v) is 9.27. The van der Waals surface area contributed by atoms with Gasteiger partial charge in [0.25, 0.3) is 5.91 Å². The molecule has 5 nitrogen and oxygen atoms in total. The highest BCUT2D eigenvalue weighted by molar-refractivity contribution is 6.30. The number of nitrogens with one attached hydrogen (secondary N) is 2. The largest absolute Gasteiger partial charge is 0.354 e.